The van der Waals surface area contributed by atoms with Crippen LogP contribution in [-0.4, -0.2) is 74.3 Å². The van der Waals surface area contributed by atoms with Crippen molar-refractivity contribution in [3.63, 3.8) is 0 Å². The molecule has 3 atom stereocenters. The number of carbonyl (C=O) groups excluding carboxylic acids is 2. The van der Waals surface area contributed by atoms with Gasteiger partial charge in [0.1, 0.15) is 19.3 Å². The van der Waals surface area contributed by atoms with Crippen molar-refractivity contribution in [1.82, 2.24) is 5.32 Å². The van der Waals surface area contributed by atoms with Crippen molar-refractivity contribution in [3.05, 3.63) is 72.9 Å². The van der Waals surface area contributed by atoms with Crippen LogP contribution in [0.15, 0.2) is 72.9 Å². The van der Waals surface area contributed by atoms with Crippen LogP contribution in [0.5, 0.6) is 0 Å². The van der Waals surface area contributed by atoms with E-state index in [4.69, 9.17) is 13.8 Å². The van der Waals surface area contributed by atoms with Crippen molar-refractivity contribution >= 4 is 19.7 Å². The molecule has 0 aromatic carbocycles. The van der Waals surface area contributed by atoms with E-state index in [1.165, 1.54) is 238 Å². The molecule has 0 radical (unpaired) electrons. The molecule has 0 spiro atoms. The van der Waals surface area contributed by atoms with Gasteiger partial charge in [-0.25, -0.2) is 4.57 Å². The fraction of sp³-hybridized carbons (Fsp3) is 0.821. The number of quaternary nitrogens is 1. The molecule has 0 bridgehead atoms. The van der Waals surface area contributed by atoms with E-state index in [2.05, 4.69) is 86.8 Å². The average Bonchev–Trinajstić information content (AvgIpc) is 3.71. The first-order valence-electron chi connectivity index (χ1n) is 37.8. The molecule has 0 aliphatic rings. The van der Waals surface area contributed by atoms with Crippen molar-refractivity contribution in [3.8, 4) is 0 Å². The number of hydrogen-bond donors (Lipinski definition) is 2. The lowest BCUT2D eigenvalue weighted by molar-refractivity contribution is -0.870. The number of nitrogens with zero attached hydrogens (tertiary/aromatic N) is 1. The maximum Gasteiger partial charge on any atom is 0.472 e. The lowest BCUT2D eigenvalue weighted by atomic mass is 10.0. The van der Waals surface area contributed by atoms with Crippen LogP contribution >= 0.6 is 7.82 Å². The van der Waals surface area contributed by atoms with E-state index in [-0.39, 0.29) is 31.5 Å². The second-order valence-electron chi connectivity index (χ2n) is 26.8. The van der Waals surface area contributed by atoms with Gasteiger partial charge in [-0.1, -0.05) is 319 Å². The number of hydrogen-bond acceptors (Lipinski definition) is 6. The molecule has 1 amide bonds. The van der Waals surface area contributed by atoms with Crippen LogP contribution in [0.1, 0.15) is 361 Å². The summed E-state index contributed by atoms with van der Waals surface area (Å²) >= 11 is 0. The minimum absolute atomic E-state index is 0.0377. The third-order valence-corrected chi connectivity index (χ3v) is 17.9. The van der Waals surface area contributed by atoms with Crippen molar-refractivity contribution in [2.75, 3.05) is 40.9 Å². The Morgan fingerprint density at radius 1 is 0.398 bits per heavy atom. The molecule has 0 saturated carbocycles. The number of carbonyl (C=O) groups is 2. The van der Waals surface area contributed by atoms with E-state index < -0.39 is 20.0 Å². The Morgan fingerprint density at radius 3 is 1.07 bits per heavy atom. The Kier molecular flexibility index (Phi) is 65.4. The van der Waals surface area contributed by atoms with Crippen LogP contribution in [0.4, 0.5) is 0 Å². The largest absolute Gasteiger partial charge is 0.472 e. The Morgan fingerprint density at radius 2 is 0.693 bits per heavy atom. The predicted molar refractivity (Wildman–Crippen MR) is 383 cm³/mol. The minimum Gasteiger partial charge on any atom is -0.456 e. The molecule has 88 heavy (non-hydrogen) atoms. The van der Waals surface area contributed by atoms with E-state index in [1.54, 1.807) is 0 Å². The number of likely N-dealkylation sites (N-methyl/N-ethyl adjacent to an activating group) is 1. The molecule has 0 saturated heterocycles. The van der Waals surface area contributed by atoms with Crippen molar-refractivity contribution < 1.29 is 37.3 Å². The number of nitrogens with one attached hydrogen (secondary N) is 1. The standard InChI is InChI=1S/C78H145N2O7P/c1-7-10-13-16-19-22-25-28-30-32-34-36-38-39-40-41-43-44-46-48-50-52-55-58-61-64-67-70-77(81)79-75(74-86-88(83,84)85-73-72-80(4,5)6)76(69-66-63-60-57-54-27-24-21-18-15-12-9-3)87-78(82)71-68-65-62-59-56-53-51-49-47-45-42-37-35-33-31-29-26-23-20-17-14-11-8-2/h20,23,28-31,35,37,45,47,66,69,75-76H,7-19,21-22,24-27,32-34,36,38-44,46,48-65,67-68,70-74H2,1-6H3,(H-,79,81,83,84)/p+1/b23-20-,30-28+,31-29-,37-35-,47-45-,69-66-. The first-order valence-corrected chi connectivity index (χ1v) is 39.3. The third kappa shape index (κ3) is 67.8. The fourth-order valence-electron chi connectivity index (χ4n) is 11.0. The molecule has 0 rings (SSSR count). The number of phosphoric ester groups is 1. The lowest BCUT2D eigenvalue weighted by Gasteiger charge is -2.27. The molecule has 0 heterocycles. The highest BCUT2D eigenvalue weighted by Gasteiger charge is 2.30. The molecule has 0 aromatic rings. The summed E-state index contributed by atoms with van der Waals surface area (Å²) in [4.78, 5) is 38.0. The number of ether oxygens (including phenoxy) is 1. The highest BCUT2D eigenvalue weighted by molar-refractivity contribution is 7.47. The number of allylic oxidation sites excluding steroid dienone is 11. The first-order chi connectivity index (χ1) is 42.9. The molecule has 10 heteroatoms. The van der Waals surface area contributed by atoms with Gasteiger partial charge in [0.25, 0.3) is 0 Å². The molecule has 3 unspecified atom stereocenters. The van der Waals surface area contributed by atoms with Gasteiger partial charge >= 0.3 is 13.8 Å². The van der Waals surface area contributed by atoms with Gasteiger partial charge in [-0.2, -0.15) is 0 Å². The van der Waals surface area contributed by atoms with Gasteiger partial charge in [-0.3, -0.25) is 18.6 Å². The van der Waals surface area contributed by atoms with Crippen molar-refractivity contribution in [1.29, 1.82) is 0 Å². The summed E-state index contributed by atoms with van der Waals surface area (Å²) in [6.45, 7) is 7.02. The van der Waals surface area contributed by atoms with Crippen LogP contribution in [0.2, 0.25) is 0 Å². The van der Waals surface area contributed by atoms with E-state index >= 15 is 0 Å². The third-order valence-electron chi connectivity index (χ3n) is 16.9. The highest BCUT2D eigenvalue weighted by atomic mass is 31.2. The zero-order valence-electron chi connectivity index (χ0n) is 59.0. The summed E-state index contributed by atoms with van der Waals surface area (Å²) in [6.07, 6.45) is 89.2. The smallest absolute Gasteiger partial charge is 0.456 e. The summed E-state index contributed by atoms with van der Waals surface area (Å²) < 4.78 is 30.9. The zero-order chi connectivity index (χ0) is 64.2. The van der Waals surface area contributed by atoms with Gasteiger partial charge in [-0.05, 0) is 102 Å². The van der Waals surface area contributed by atoms with Gasteiger partial charge in [0.2, 0.25) is 5.91 Å². The quantitative estimate of drug-likeness (QED) is 0.0205. The van der Waals surface area contributed by atoms with Gasteiger partial charge in [0.15, 0.2) is 0 Å². The average molecular weight is 1260 g/mol. The second-order valence-corrected chi connectivity index (χ2v) is 28.3. The van der Waals surface area contributed by atoms with Gasteiger partial charge in [0.05, 0.1) is 33.8 Å². The monoisotopic (exact) mass is 1250 g/mol. The van der Waals surface area contributed by atoms with E-state index in [0.29, 0.717) is 17.4 Å². The van der Waals surface area contributed by atoms with Gasteiger partial charge < -0.3 is 19.4 Å². The Balaban J connectivity index is 5.00. The number of rotatable bonds is 69. The molecular weight excluding hydrogens is 1110 g/mol. The van der Waals surface area contributed by atoms with Crippen LogP contribution in [0, 0.1) is 0 Å². The Labute approximate surface area is 546 Å². The Hall–Kier alpha value is -2.55. The minimum atomic E-state index is -4.46. The summed E-state index contributed by atoms with van der Waals surface area (Å²) in [5.41, 5.74) is 0. The SMILES string of the molecule is CCCCC/C=C\C/C=C\C/C=C\C/C=C\CCCCCCCCCC(=O)OC(/C=C\CCCCCCCCCCCC)C(COP(=O)(O)OCC[N+](C)(C)C)NC(=O)CCCCCCCCCCCCCCCCCCC/C=C/CCCCCCCC. The van der Waals surface area contributed by atoms with Crippen molar-refractivity contribution in [2.24, 2.45) is 0 Å². The van der Waals surface area contributed by atoms with Gasteiger partial charge in [0, 0.05) is 12.8 Å². The maximum absolute atomic E-state index is 13.6. The highest BCUT2D eigenvalue weighted by Crippen LogP contribution is 2.43. The zero-order valence-corrected chi connectivity index (χ0v) is 59.9. The lowest BCUT2D eigenvalue weighted by Crippen LogP contribution is -2.47. The summed E-state index contributed by atoms with van der Waals surface area (Å²) in [6, 6.07) is -0.856. The van der Waals surface area contributed by atoms with E-state index in [9.17, 15) is 19.0 Å². The summed E-state index contributed by atoms with van der Waals surface area (Å²) in [7, 11) is 1.50. The number of amides is 1. The molecule has 0 aromatic heterocycles. The summed E-state index contributed by atoms with van der Waals surface area (Å²) in [5, 5.41) is 3.08. The molecule has 9 nitrogen and oxygen atoms in total. The molecule has 514 valence electrons. The fourth-order valence-corrected chi connectivity index (χ4v) is 11.8. The van der Waals surface area contributed by atoms with Crippen LogP contribution in [0.3, 0.4) is 0 Å². The first kappa shape index (κ1) is 85.5. The van der Waals surface area contributed by atoms with E-state index in [1.807, 2.05) is 33.3 Å². The van der Waals surface area contributed by atoms with E-state index in [0.717, 1.165) is 89.9 Å². The number of unbranched alkanes of at least 4 members (excludes halogenated alkanes) is 43. The van der Waals surface area contributed by atoms with Crippen molar-refractivity contribution in [2.45, 2.75) is 373 Å². The topological polar surface area (TPSA) is 111 Å². The molecule has 2 N–H and O–H groups in total. The number of phosphoric acid groups is 1. The summed E-state index contributed by atoms with van der Waals surface area (Å²) in [5.74, 6) is -0.504. The van der Waals surface area contributed by atoms with Crippen LogP contribution in [0.25, 0.3) is 0 Å². The molecule has 0 fully saturated rings. The van der Waals surface area contributed by atoms with Crippen LogP contribution < -0.4 is 5.32 Å². The van der Waals surface area contributed by atoms with Crippen LogP contribution in [-0.2, 0) is 27.9 Å². The Bertz CT molecular complexity index is 1730. The predicted octanol–water partition coefficient (Wildman–Crippen LogP) is 24.3. The molecule has 0 aliphatic heterocycles. The molecule has 0 aliphatic carbocycles. The maximum atomic E-state index is 13.6. The van der Waals surface area contributed by atoms with Gasteiger partial charge in [-0.15, -0.1) is 0 Å². The molecular formula is C78H146N2O7P+. The second kappa shape index (κ2) is 67.3. The number of esters is 1. The normalized spacial score (nSPS) is 13.9.